The molecule has 1 amide bonds. The Hall–Kier alpha value is -1.83. The molecule has 0 aliphatic heterocycles. The van der Waals surface area contributed by atoms with Gasteiger partial charge in [-0.2, -0.15) is 5.26 Å². The van der Waals surface area contributed by atoms with Gasteiger partial charge in [-0.3, -0.25) is 9.59 Å². The van der Waals surface area contributed by atoms with E-state index in [4.69, 9.17) is 10.4 Å². The molecule has 0 aromatic heterocycles. The molecular weight excluding hydrogens is 220 g/mol. The molecule has 1 aliphatic carbocycles. The Morgan fingerprint density at radius 2 is 2.00 bits per heavy atom. The van der Waals surface area contributed by atoms with E-state index in [0.717, 1.165) is 0 Å². The molecule has 2 atom stereocenters. The van der Waals surface area contributed by atoms with Crippen LogP contribution in [0, 0.1) is 23.2 Å². The minimum Gasteiger partial charge on any atom is -0.481 e. The number of carbonyl (C=O) groups is 2. The Bertz CT molecular complexity index is 357. The van der Waals surface area contributed by atoms with E-state index < -0.39 is 17.8 Å². The lowest BCUT2D eigenvalue weighted by Gasteiger charge is -2.24. The van der Waals surface area contributed by atoms with Crippen LogP contribution < -0.4 is 5.32 Å². The number of carbonyl (C=O) groups excluding carboxylic acids is 1. The maximum Gasteiger partial charge on any atom is 0.307 e. The van der Waals surface area contributed by atoms with Crippen LogP contribution >= 0.6 is 0 Å². The van der Waals surface area contributed by atoms with Crippen LogP contribution in [0.25, 0.3) is 0 Å². The van der Waals surface area contributed by atoms with Crippen molar-refractivity contribution in [1.29, 1.82) is 5.26 Å². The largest absolute Gasteiger partial charge is 0.481 e. The molecule has 0 heterocycles. The number of unbranched alkanes of at least 4 members (excludes halogenated alkanes) is 1. The summed E-state index contributed by atoms with van der Waals surface area (Å²) >= 11 is 0. The summed E-state index contributed by atoms with van der Waals surface area (Å²) in [7, 11) is 0. The number of nitrogens with one attached hydrogen (secondary N) is 1. The van der Waals surface area contributed by atoms with Gasteiger partial charge >= 0.3 is 5.97 Å². The molecule has 1 aliphatic rings. The molecule has 0 bridgehead atoms. The molecule has 5 heteroatoms. The molecule has 0 radical (unpaired) electrons. The third kappa shape index (κ3) is 3.91. The maximum atomic E-state index is 11.8. The fraction of sp³-hybridized carbons (Fsp3) is 0.583. The molecule has 0 unspecified atom stereocenters. The molecule has 0 fully saturated rings. The second-order valence-electron chi connectivity index (χ2n) is 4.05. The fourth-order valence-electron chi connectivity index (χ4n) is 1.89. The molecule has 0 aromatic rings. The SMILES string of the molecule is N#CCCCNC(=O)[C@@H]1CC=CC[C@@H]1C(=O)O. The van der Waals surface area contributed by atoms with E-state index in [1.165, 1.54) is 0 Å². The van der Waals surface area contributed by atoms with Crippen molar-refractivity contribution in [2.75, 3.05) is 6.54 Å². The summed E-state index contributed by atoms with van der Waals surface area (Å²) in [5.74, 6) is -2.26. The van der Waals surface area contributed by atoms with E-state index in [1.807, 2.05) is 12.1 Å². The van der Waals surface area contributed by atoms with Crippen LogP contribution in [-0.4, -0.2) is 23.5 Å². The average Bonchev–Trinajstić information content (AvgIpc) is 2.34. The van der Waals surface area contributed by atoms with Crippen LogP contribution in [0.2, 0.25) is 0 Å². The van der Waals surface area contributed by atoms with Crippen LogP contribution in [0.3, 0.4) is 0 Å². The monoisotopic (exact) mass is 236 g/mol. The van der Waals surface area contributed by atoms with Gasteiger partial charge in [0.2, 0.25) is 5.91 Å². The van der Waals surface area contributed by atoms with Crippen molar-refractivity contribution in [3.8, 4) is 6.07 Å². The Morgan fingerprint density at radius 3 is 2.59 bits per heavy atom. The number of nitriles is 1. The van der Waals surface area contributed by atoms with Gasteiger partial charge in [0.05, 0.1) is 17.9 Å². The van der Waals surface area contributed by atoms with Gasteiger partial charge in [-0.1, -0.05) is 12.2 Å². The summed E-state index contributed by atoms with van der Waals surface area (Å²) in [4.78, 5) is 22.8. The maximum absolute atomic E-state index is 11.8. The lowest BCUT2D eigenvalue weighted by molar-refractivity contribution is -0.147. The first-order valence-corrected chi connectivity index (χ1v) is 5.69. The zero-order chi connectivity index (χ0) is 12.7. The molecule has 1 rings (SSSR count). The molecule has 2 N–H and O–H groups in total. The van der Waals surface area contributed by atoms with Crippen LogP contribution in [0.15, 0.2) is 12.2 Å². The minimum atomic E-state index is -0.925. The zero-order valence-electron chi connectivity index (χ0n) is 9.56. The standard InChI is InChI=1S/C12H16N2O3/c13-7-3-4-8-14-11(15)9-5-1-2-6-10(9)12(16)17/h1-2,9-10H,3-6,8H2,(H,14,15)(H,16,17)/t9-,10+/m1/s1. The van der Waals surface area contributed by atoms with Crippen molar-refractivity contribution in [2.24, 2.45) is 11.8 Å². The van der Waals surface area contributed by atoms with E-state index in [2.05, 4.69) is 5.32 Å². The predicted molar refractivity (Wildman–Crippen MR) is 60.8 cm³/mol. The number of amides is 1. The summed E-state index contributed by atoms with van der Waals surface area (Å²) in [6.45, 7) is 0.430. The number of carboxylic acids is 1. The Labute approximate surface area is 100 Å². The Kier molecular flexibility index (Phi) is 5.21. The van der Waals surface area contributed by atoms with Crippen molar-refractivity contribution < 1.29 is 14.7 Å². The van der Waals surface area contributed by atoms with Gasteiger partial charge in [-0.25, -0.2) is 0 Å². The molecular formula is C12H16N2O3. The minimum absolute atomic E-state index is 0.223. The van der Waals surface area contributed by atoms with Crippen LogP contribution in [0.4, 0.5) is 0 Å². The number of rotatable bonds is 5. The van der Waals surface area contributed by atoms with Crippen LogP contribution in [0.5, 0.6) is 0 Å². The van der Waals surface area contributed by atoms with Crippen LogP contribution in [-0.2, 0) is 9.59 Å². The highest BCUT2D eigenvalue weighted by Gasteiger charge is 2.33. The molecule has 0 aromatic carbocycles. The zero-order valence-corrected chi connectivity index (χ0v) is 9.56. The van der Waals surface area contributed by atoms with E-state index in [0.29, 0.717) is 32.2 Å². The van der Waals surface area contributed by atoms with Gasteiger partial charge in [0.15, 0.2) is 0 Å². The summed E-state index contributed by atoms with van der Waals surface area (Å²) < 4.78 is 0. The molecule has 0 saturated heterocycles. The predicted octanol–water partition coefficient (Wildman–Crippen LogP) is 1.07. The summed E-state index contributed by atoms with van der Waals surface area (Å²) in [6.07, 6.45) is 5.53. The highest BCUT2D eigenvalue weighted by molar-refractivity contribution is 5.85. The summed E-state index contributed by atoms with van der Waals surface area (Å²) in [5, 5.41) is 20.0. The van der Waals surface area contributed by atoms with Crippen molar-refractivity contribution in [3.05, 3.63) is 12.2 Å². The third-order valence-electron chi connectivity index (χ3n) is 2.85. The van der Waals surface area contributed by atoms with Gasteiger partial charge in [0, 0.05) is 13.0 Å². The van der Waals surface area contributed by atoms with Gasteiger partial charge in [0.25, 0.3) is 0 Å². The lowest BCUT2D eigenvalue weighted by atomic mass is 9.82. The van der Waals surface area contributed by atoms with Gasteiger partial charge in [-0.05, 0) is 19.3 Å². The second kappa shape index (κ2) is 6.69. The molecule has 92 valence electrons. The number of carboxylic acid groups (broad SMARTS) is 1. The van der Waals surface area contributed by atoms with Crippen molar-refractivity contribution >= 4 is 11.9 Å². The van der Waals surface area contributed by atoms with E-state index in [9.17, 15) is 9.59 Å². The van der Waals surface area contributed by atoms with Gasteiger partial charge in [0.1, 0.15) is 0 Å². The van der Waals surface area contributed by atoms with E-state index in [1.54, 1.807) is 6.08 Å². The normalized spacial score (nSPS) is 22.8. The Balaban J connectivity index is 2.46. The Morgan fingerprint density at radius 1 is 1.35 bits per heavy atom. The fourth-order valence-corrected chi connectivity index (χ4v) is 1.89. The van der Waals surface area contributed by atoms with Crippen molar-refractivity contribution in [3.63, 3.8) is 0 Å². The third-order valence-corrected chi connectivity index (χ3v) is 2.85. The van der Waals surface area contributed by atoms with Crippen molar-refractivity contribution in [1.82, 2.24) is 5.32 Å². The second-order valence-corrected chi connectivity index (χ2v) is 4.05. The highest BCUT2D eigenvalue weighted by atomic mass is 16.4. The summed E-state index contributed by atoms with van der Waals surface area (Å²) in [5.41, 5.74) is 0. The lowest BCUT2D eigenvalue weighted by Crippen LogP contribution is -2.39. The highest BCUT2D eigenvalue weighted by Crippen LogP contribution is 2.25. The molecule has 0 spiro atoms. The van der Waals surface area contributed by atoms with Gasteiger partial charge < -0.3 is 10.4 Å². The smallest absolute Gasteiger partial charge is 0.307 e. The topological polar surface area (TPSA) is 90.2 Å². The first-order valence-electron chi connectivity index (χ1n) is 5.69. The van der Waals surface area contributed by atoms with Crippen LogP contribution in [0.1, 0.15) is 25.7 Å². The summed E-state index contributed by atoms with van der Waals surface area (Å²) in [6, 6.07) is 1.99. The average molecular weight is 236 g/mol. The number of nitrogens with zero attached hydrogens (tertiary/aromatic N) is 1. The molecule has 5 nitrogen and oxygen atoms in total. The van der Waals surface area contributed by atoms with E-state index >= 15 is 0 Å². The number of aliphatic carboxylic acids is 1. The van der Waals surface area contributed by atoms with Gasteiger partial charge in [-0.15, -0.1) is 0 Å². The molecule has 0 saturated carbocycles. The number of hydrogen-bond donors (Lipinski definition) is 2. The van der Waals surface area contributed by atoms with E-state index in [-0.39, 0.29) is 5.91 Å². The first kappa shape index (κ1) is 13.2. The molecule has 17 heavy (non-hydrogen) atoms. The van der Waals surface area contributed by atoms with Crippen molar-refractivity contribution in [2.45, 2.75) is 25.7 Å². The first-order chi connectivity index (χ1) is 8.16. The number of hydrogen-bond acceptors (Lipinski definition) is 3. The number of allylic oxidation sites excluding steroid dienone is 2. The quantitative estimate of drug-likeness (QED) is 0.552.